The van der Waals surface area contributed by atoms with Crippen LogP contribution in [0, 0.1) is 0 Å². The summed E-state index contributed by atoms with van der Waals surface area (Å²) in [5.74, 6) is 0. The van der Waals surface area contributed by atoms with Crippen molar-refractivity contribution in [1.29, 1.82) is 0 Å². The second kappa shape index (κ2) is 9.36. The fourth-order valence-corrected chi connectivity index (χ4v) is 3.78. The highest BCUT2D eigenvalue weighted by Crippen LogP contribution is 2.18. The number of nitrogen functional groups attached to an aromatic ring is 1. The van der Waals surface area contributed by atoms with Gasteiger partial charge in [-0.05, 0) is 25.9 Å². The van der Waals surface area contributed by atoms with E-state index in [0.717, 1.165) is 52.2 Å². The molecule has 6 nitrogen and oxygen atoms in total. The Morgan fingerprint density at radius 2 is 1.88 bits per heavy atom. The molecular weight excluding hydrogens is 344 g/mol. The first-order valence-electron chi connectivity index (χ1n) is 8.39. The Morgan fingerprint density at radius 3 is 2.54 bits per heavy atom. The smallest absolute Gasteiger partial charge is 0.180 e. The van der Waals surface area contributed by atoms with Gasteiger partial charge in [0.05, 0.1) is 6.20 Å². The van der Waals surface area contributed by atoms with Gasteiger partial charge in [-0.25, -0.2) is 4.98 Å². The number of aryl methyl sites for hydroxylation is 1. The summed E-state index contributed by atoms with van der Waals surface area (Å²) in [6.45, 7) is 9.66. The van der Waals surface area contributed by atoms with Gasteiger partial charge in [0, 0.05) is 55.6 Å². The van der Waals surface area contributed by atoms with Crippen molar-refractivity contribution in [1.82, 2.24) is 24.6 Å². The molecule has 0 bridgehead atoms. The van der Waals surface area contributed by atoms with Gasteiger partial charge in [-0.3, -0.25) is 14.5 Å². The molecule has 3 heterocycles. The number of aromatic nitrogens is 3. The minimum Gasteiger partial charge on any atom is -0.375 e. The van der Waals surface area contributed by atoms with Crippen molar-refractivity contribution in [2.24, 2.45) is 0 Å². The first-order chi connectivity index (χ1) is 11.2. The maximum absolute atomic E-state index is 5.72. The van der Waals surface area contributed by atoms with E-state index in [1.807, 2.05) is 17.1 Å². The minimum absolute atomic E-state index is 0. The number of anilines is 1. The lowest BCUT2D eigenvalue weighted by Crippen LogP contribution is -2.30. The molecule has 1 aliphatic rings. The molecule has 0 saturated carbocycles. The molecule has 24 heavy (non-hydrogen) atoms. The number of rotatable bonds is 6. The predicted molar refractivity (Wildman–Crippen MR) is 101 cm³/mol. The van der Waals surface area contributed by atoms with Crippen LogP contribution in [0.4, 0.5) is 5.13 Å². The molecule has 0 aromatic carbocycles. The number of hydrogen-bond donors (Lipinski definition) is 1. The summed E-state index contributed by atoms with van der Waals surface area (Å²) in [5.41, 5.74) is 7.04. The van der Waals surface area contributed by atoms with Crippen molar-refractivity contribution >= 4 is 28.9 Å². The zero-order valence-electron chi connectivity index (χ0n) is 14.2. The fourth-order valence-electron chi connectivity index (χ4n) is 3.05. The monoisotopic (exact) mass is 370 g/mol. The van der Waals surface area contributed by atoms with E-state index in [1.54, 1.807) is 11.3 Å². The van der Waals surface area contributed by atoms with Crippen LogP contribution < -0.4 is 5.73 Å². The standard InChI is InChI=1S/C16H26N6S.ClH/c1-2-4-22-12-14(9-19-22)11-20-5-3-6-21(8-7-20)13-15-10-18-16(17)23-15;/h9-10,12H,2-8,11,13H2,1H3,(H2,17,18);1H. The molecule has 1 saturated heterocycles. The normalized spacial score (nSPS) is 16.7. The maximum atomic E-state index is 5.72. The van der Waals surface area contributed by atoms with Crippen LogP contribution in [0.3, 0.4) is 0 Å². The van der Waals surface area contributed by atoms with Crippen LogP contribution in [0.1, 0.15) is 30.2 Å². The second-order valence-corrected chi connectivity index (χ2v) is 7.33. The van der Waals surface area contributed by atoms with Gasteiger partial charge in [0.25, 0.3) is 0 Å². The summed E-state index contributed by atoms with van der Waals surface area (Å²) in [6.07, 6.45) is 8.44. The molecule has 0 unspecified atom stereocenters. The largest absolute Gasteiger partial charge is 0.375 e. The first kappa shape index (κ1) is 19.2. The topological polar surface area (TPSA) is 63.2 Å². The van der Waals surface area contributed by atoms with Gasteiger partial charge in [0.1, 0.15) is 0 Å². The van der Waals surface area contributed by atoms with E-state index in [1.165, 1.54) is 16.9 Å². The molecule has 0 spiro atoms. The van der Waals surface area contributed by atoms with E-state index >= 15 is 0 Å². The molecule has 1 aliphatic heterocycles. The summed E-state index contributed by atoms with van der Waals surface area (Å²) < 4.78 is 2.05. The molecule has 3 rings (SSSR count). The Morgan fingerprint density at radius 1 is 1.12 bits per heavy atom. The molecule has 0 radical (unpaired) electrons. The van der Waals surface area contributed by atoms with Crippen molar-refractivity contribution in [3.63, 3.8) is 0 Å². The number of halogens is 1. The van der Waals surface area contributed by atoms with Gasteiger partial charge in [-0.2, -0.15) is 5.10 Å². The summed E-state index contributed by atoms with van der Waals surface area (Å²) >= 11 is 1.60. The van der Waals surface area contributed by atoms with E-state index < -0.39 is 0 Å². The Kier molecular flexibility index (Phi) is 7.48. The van der Waals surface area contributed by atoms with E-state index in [9.17, 15) is 0 Å². The Labute approximate surface area is 154 Å². The lowest BCUT2D eigenvalue weighted by atomic mass is 10.3. The van der Waals surface area contributed by atoms with Crippen molar-refractivity contribution < 1.29 is 0 Å². The lowest BCUT2D eigenvalue weighted by molar-refractivity contribution is 0.248. The van der Waals surface area contributed by atoms with Crippen LogP contribution in [0.5, 0.6) is 0 Å². The molecule has 8 heteroatoms. The fraction of sp³-hybridized carbons (Fsp3) is 0.625. The average Bonchev–Trinajstić information content (AvgIpc) is 3.07. The molecule has 2 aromatic rings. The predicted octanol–water partition coefficient (Wildman–Crippen LogP) is 2.46. The number of hydrogen-bond acceptors (Lipinski definition) is 6. The van der Waals surface area contributed by atoms with Gasteiger partial charge in [0.2, 0.25) is 0 Å². The van der Waals surface area contributed by atoms with Crippen LogP contribution in [-0.4, -0.2) is 50.7 Å². The van der Waals surface area contributed by atoms with Crippen molar-refractivity contribution in [3.05, 3.63) is 29.0 Å². The lowest BCUT2D eigenvalue weighted by Gasteiger charge is -2.20. The quantitative estimate of drug-likeness (QED) is 0.846. The molecule has 2 N–H and O–H groups in total. The van der Waals surface area contributed by atoms with Crippen LogP contribution in [0.15, 0.2) is 18.6 Å². The highest BCUT2D eigenvalue weighted by molar-refractivity contribution is 7.15. The Bertz CT molecular complexity index is 613. The Balaban J connectivity index is 0.00000208. The highest BCUT2D eigenvalue weighted by Gasteiger charge is 2.16. The summed E-state index contributed by atoms with van der Waals surface area (Å²) in [7, 11) is 0. The molecule has 134 valence electrons. The van der Waals surface area contributed by atoms with Crippen molar-refractivity contribution in [2.75, 3.05) is 31.9 Å². The molecule has 0 amide bonds. The molecule has 2 aromatic heterocycles. The third-order valence-corrected chi connectivity index (χ3v) is 4.99. The van der Waals surface area contributed by atoms with Crippen molar-refractivity contribution in [3.8, 4) is 0 Å². The molecule has 0 aliphatic carbocycles. The Hall–Kier alpha value is -1.15. The molecule has 1 fully saturated rings. The highest BCUT2D eigenvalue weighted by atomic mass is 35.5. The number of thiazole rings is 1. The summed E-state index contributed by atoms with van der Waals surface area (Å²) in [4.78, 5) is 10.4. The van der Waals surface area contributed by atoms with E-state index in [2.05, 4.69) is 33.0 Å². The van der Waals surface area contributed by atoms with Crippen LogP contribution in [-0.2, 0) is 19.6 Å². The SMILES string of the molecule is CCCn1cc(CN2CCCN(Cc3cnc(N)s3)CC2)cn1.Cl. The molecular formula is C16H27ClN6S. The van der Waals surface area contributed by atoms with Gasteiger partial charge in [-0.15, -0.1) is 23.7 Å². The van der Waals surface area contributed by atoms with Crippen LogP contribution >= 0.6 is 23.7 Å². The minimum atomic E-state index is 0. The van der Waals surface area contributed by atoms with Gasteiger partial charge >= 0.3 is 0 Å². The summed E-state index contributed by atoms with van der Waals surface area (Å²) in [6, 6.07) is 0. The zero-order valence-corrected chi connectivity index (χ0v) is 15.9. The average molecular weight is 371 g/mol. The van der Waals surface area contributed by atoms with Crippen molar-refractivity contribution in [2.45, 2.75) is 39.4 Å². The van der Waals surface area contributed by atoms with E-state index in [4.69, 9.17) is 5.73 Å². The zero-order chi connectivity index (χ0) is 16.1. The van der Waals surface area contributed by atoms with Gasteiger partial charge in [0.15, 0.2) is 5.13 Å². The third-order valence-electron chi connectivity index (χ3n) is 4.18. The van der Waals surface area contributed by atoms with E-state index in [-0.39, 0.29) is 12.4 Å². The first-order valence-corrected chi connectivity index (χ1v) is 9.21. The van der Waals surface area contributed by atoms with E-state index in [0.29, 0.717) is 5.13 Å². The van der Waals surface area contributed by atoms with Gasteiger partial charge < -0.3 is 5.73 Å². The molecule has 0 atom stereocenters. The van der Waals surface area contributed by atoms with Crippen LogP contribution in [0.25, 0.3) is 0 Å². The van der Waals surface area contributed by atoms with Crippen LogP contribution in [0.2, 0.25) is 0 Å². The third kappa shape index (κ3) is 5.44. The second-order valence-electron chi connectivity index (χ2n) is 6.18. The number of nitrogens with two attached hydrogens (primary N) is 1. The number of nitrogens with zero attached hydrogens (tertiary/aromatic N) is 5. The summed E-state index contributed by atoms with van der Waals surface area (Å²) in [5, 5.41) is 5.10. The van der Waals surface area contributed by atoms with Gasteiger partial charge in [-0.1, -0.05) is 6.92 Å². The maximum Gasteiger partial charge on any atom is 0.180 e.